The Labute approximate surface area is 70.8 Å². The Bertz CT molecular complexity index is 97.4. The summed E-state index contributed by atoms with van der Waals surface area (Å²) in [5.74, 6) is 1.30. The van der Waals surface area contributed by atoms with Crippen molar-refractivity contribution >= 4 is 0 Å². The molecule has 0 fully saturated rings. The molecule has 1 nitrogen and oxygen atoms in total. The first-order chi connectivity index (χ1) is 4.95. The summed E-state index contributed by atoms with van der Waals surface area (Å²) in [4.78, 5) is 0. The molecule has 1 heteroatoms. The van der Waals surface area contributed by atoms with Crippen LogP contribution >= 0.6 is 0 Å². The van der Waals surface area contributed by atoms with Gasteiger partial charge in [0.05, 0.1) is 0 Å². The summed E-state index contributed by atoms with van der Waals surface area (Å²) in [6, 6.07) is 0. The second-order valence-corrected chi connectivity index (χ2v) is 4.29. The lowest BCUT2D eigenvalue weighted by molar-refractivity contribution is 0.0911. The van der Waals surface area contributed by atoms with Gasteiger partial charge < -0.3 is 5.11 Å². The van der Waals surface area contributed by atoms with E-state index in [-0.39, 0.29) is 0 Å². The first-order valence-corrected chi connectivity index (χ1v) is 4.56. The van der Waals surface area contributed by atoms with Crippen LogP contribution in [0.25, 0.3) is 0 Å². The molecule has 0 heterocycles. The van der Waals surface area contributed by atoms with Crippen LogP contribution in [0.2, 0.25) is 0 Å². The highest BCUT2D eigenvalue weighted by Gasteiger charge is 2.30. The van der Waals surface area contributed by atoms with Gasteiger partial charge >= 0.3 is 0 Å². The Kier molecular flexibility index (Phi) is 4.09. The van der Waals surface area contributed by atoms with E-state index in [1.807, 2.05) is 0 Å². The summed E-state index contributed by atoms with van der Waals surface area (Å²) < 4.78 is 0. The van der Waals surface area contributed by atoms with Gasteiger partial charge in [-0.3, -0.25) is 0 Å². The van der Waals surface area contributed by atoms with E-state index in [4.69, 9.17) is 5.11 Å². The molecule has 68 valence electrons. The van der Waals surface area contributed by atoms with Crippen LogP contribution in [0.1, 0.15) is 41.0 Å². The van der Waals surface area contributed by atoms with Crippen LogP contribution < -0.4 is 0 Å². The van der Waals surface area contributed by atoms with Crippen molar-refractivity contribution in [3.8, 4) is 0 Å². The molecule has 1 N–H and O–H groups in total. The van der Waals surface area contributed by atoms with Crippen molar-refractivity contribution in [2.45, 2.75) is 41.0 Å². The molecule has 0 unspecified atom stereocenters. The molecule has 0 aromatic rings. The first kappa shape index (κ1) is 11.0. The van der Waals surface area contributed by atoms with E-state index in [1.54, 1.807) is 0 Å². The number of rotatable bonds is 4. The van der Waals surface area contributed by atoms with Crippen molar-refractivity contribution < 1.29 is 5.11 Å². The minimum atomic E-state index is 0.300. The van der Waals surface area contributed by atoms with E-state index in [2.05, 4.69) is 34.6 Å². The van der Waals surface area contributed by atoms with E-state index < -0.39 is 0 Å². The predicted molar refractivity (Wildman–Crippen MR) is 49.5 cm³/mol. The number of aliphatic hydroxyl groups excluding tert-OH is 1. The molecule has 0 aromatic carbocycles. The fourth-order valence-electron chi connectivity index (χ4n) is 1.48. The fourth-order valence-corrected chi connectivity index (χ4v) is 1.48. The van der Waals surface area contributed by atoms with Crippen molar-refractivity contribution in [3.63, 3.8) is 0 Å². The second-order valence-electron chi connectivity index (χ2n) is 4.29. The molecule has 0 bridgehead atoms. The van der Waals surface area contributed by atoms with Crippen molar-refractivity contribution in [1.82, 2.24) is 0 Å². The molecule has 0 aromatic heterocycles. The molecule has 0 aliphatic rings. The molecule has 0 atom stereocenters. The Hall–Kier alpha value is -0.0400. The van der Waals surface area contributed by atoms with Gasteiger partial charge in [-0.25, -0.2) is 0 Å². The van der Waals surface area contributed by atoms with Crippen LogP contribution in [-0.4, -0.2) is 11.7 Å². The zero-order chi connectivity index (χ0) is 9.07. The third-order valence-corrected chi connectivity index (χ3v) is 3.29. The van der Waals surface area contributed by atoms with Crippen LogP contribution in [0.4, 0.5) is 0 Å². The molecule has 0 aliphatic carbocycles. The Morgan fingerprint density at radius 2 is 1.45 bits per heavy atom. The highest BCUT2D eigenvalue weighted by atomic mass is 16.3. The maximum absolute atomic E-state index is 8.90. The van der Waals surface area contributed by atoms with Gasteiger partial charge in [-0.1, -0.05) is 34.6 Å². The average molecular weight is 158 g/mol. The summed E-state index contributed by atoms with van der Waals surface area (Å²) >= 11 is 0. The fraction of sp³-hybridized carbons (Fsp3) is 1.00. The number of aliphatic hydroxyl groups is 1. The highest BCUT2D eigenvalue weighted by Crippen LogP contribution is 2.38. The summed E-state index contributed by atoms with van der Waals surface area (Å²) in [5, 5.41) is 8.90. The topological polar surface area (TPSA) is 20.2 Å². The van der Waals surface area contributed by atoms with Crippen molar-refractivity contribution in [3.05, 3.63) is 0 Å². The molecule has 11 heavy (non-hydrogen) atoms. The largest absolute Gasteiger partial charge is 0.396 e. The van der Waals surface area contributed by atoms with Crippen LogP contribution in [0.3, 0.4) is 0 Å². The minimum absolute atomic E-state index is 0.300. The lowest BCUT2D eigenvalue weighted by atomic mass is 9.68. The van der Waals surface area contributed by atoms with Crippen molar-refractivity contribution in [1.29, 1.82) is 0 Å². The smallest absolute Gasteiger partial charge is 0.0436 e. The third-order valence-electron chi connectivity index (χ3n) is 3.29. The molecule has 0 spiro atoms. The van der Waals surface area contributed by atoms with Gasteiger partial charge in [-0.15, -0.1) is 0 Å². The molecule has 0 aliphatic heterocycles. The Balaban J connectivity index is 4.26. The number of hydrogen-bond donors (Lipinski definition) is 1. The van der Waals surface area contributed by atoms with E-state index in [0.717, 1.165) is 6.42 Å². The molecule has 0 saturated heterocycles. The average Bonchev–Trinajstić information content (AvgIpc) is 1.87. The lowest BCUT2D eigenvalue weighted by Gasteiger charge is -2.37. The molecular weight excluding hydrogens is 136 g/mol. The minimum Gasteiger partial charge on any atom is -0.396 e. The molecular formula is C10H22O. The summed E-state index contributed by atoms with van der Waals surface area (Å²) in [5.41, 5.74) is 0.300. The predicted octanol–water partition coefficient (Wildman–Crippen LogP) is 2.69. The highest BCUT2D eigenvalue weighted by molar-refractivity contribution is 4.80. The van der Waals surface area contributed by atoms with E-state index in [1.165, 1.54) is 0 Å². The standard InChI is InChI=1S/C10H22O/c1-8(2)10(5,6-7-11)9(3)4/h8-9,11H,6-7H2,1-5H3. The molecule has 0 saturated carbocycles. The van der Waals surface area contributed by atoms with Gasteiger partial charge in [-0.2, -0.15) is 0 Å². The normalized spacial score (nSPS) is 13.1. The van der Waals surface area contributed by atoms with Crippen LogP contribution in [0, 0.1) is 17.3 Å². The van der Waals surface area contributed by atoms with E-state index in [0.29, 0.717) is 23.9 Å². The first-order valence-electron chi connectivity index (χ1n) is 4.56. The van der Waals surface area contributed by atoms with Crippen LogP contribution in [0.5, 0.6) is 0 Å². The molecule has 0 rings (SSSR count). The third kappa shape index (κ3) is 2.48. The quantitative estimate of drug-likeness (QED) is 0.667. The van der Waals surface area contributed by atoms with Crippen LogP contribution in [-0.2, 0) is 0 Å². The SMILES string of the molecule is CC(C)C(C)(CCO)C(C)C. The van der Waals surface area contributed by atoms with E-state index in [9.17, 15) is 0 Å². The Morgan fingerprint density at radius 3 is 1.55 bits per heavy atom. The summed E-state index contributed by atoms with van der Waals surface area (Å²) in [6.07, 6.45) is 0.919. The monoisotopic (exact) mass is 158 g/mol. The molecule has 0 amide bonds. The maximum atomic E-state index is 8.90. The zero-order valence-electron chi connectivity index (χ0n) is 8.52. The Morgan fingerprint density at radius 1 is 1.09 bits per heavy atom. The molecule has 0 radical (unpaired) electrons. The number of hydrogen-bond acceptors (Lipinski definition) is 1. The lowest BCUT2D eigenvalue weighted by Crippen LogP contribution is -2.30. The van der Waals surface area contributed by atoms with E-state index >= 15 is 0 Å². The zero-order valence-corrected chi connectivity index (χ0v) is 8.52. The van der Waals surface area contributed by atoms with Gasteiger partial charge in [0.15, 0.2) is 0 Å². The van der Waals surface area contributed by atoms with Gasteiger partial charge in [-0.05, 0) is 23.7 Å². The summed E-state index contributed by atoms with van der Waals surface area (Å²) in [7, 11) is 0. The van der Waals surface area contributed by atoms with Gasteiger partial charge in [0.1, 0.15) is 0 Å². The van der Waals surface area contributed by atoms with Crippen molar-refractivity contribution in [2.24, 2.45) is 17.3 Å². The van der Waals surface area contributed by atoms with Crippen LogP contribution in [0.15, 0.2) is 0 Å². The second kappa shape index (κ2) is 4.10. The van der Waals surface area contributed by atoms with Gasteiger partial charge in [0.25, 0.3) is 0 Å². The van der Waals surface area contributed by atoms with Gasteiger partial charge in [0, 0.05) is 6.61 Å². The maximum Gasteiger partial charge on any atom is 0.0436 e. The van der Waals surface area contributed by atoms with Gasteiger partial charge in [0.2, 0.25) is 0 Å². The summed E-state index contributed by atoms with van der Waals surface area (Å²) in [6.45, 7) is 11.5. The van der Waals surface area contributed by atoms with Crippen molar-refractivity contribution in [2.75, 3.05) is 6.61 Å².